The molecule has 1 N–H and O–H groups in total. The van der Waals surface area contributed by atoms with Crippen molar-refractivity contribution < 1.29 is 9.47 Å². The lowest BCUT2D eigenvalue weighted by Crippen LogP contribution is -2.16. The second-order valence-electron chi connectivity index (χ2n) is 5.59. The highest BCUT2D eigenvalue weighted by molar-refractivity contribution is 7.15. The van der Waals surface area contributed by atoms with Crippen molar-refractivity contribution in [2.75, 3.05) is 20.8 Å². The largest absolute Gasteiger partial charge is 0.497 e. The van der Waals surface area contributed by atoms with E-state index in [-0.39, 0.29) is 0 Å². The summed E-state index contributed by atoms with van der Waals surface area (Å²) >= 11 is 1.70. The van der Waals surface area contributed by atoms with Crippen LogP contribution in [-0.2, 0) is 13.0 Å². The zero-order chi connectivity index (χ0) is 17.5. The van der Waals surface area contributed by atoms with Crippen LogP contribution in [0.3, 0.4) is 0 Å². The van der Waals surface area contributed by atoms with E-state index >= 15 is 0 Å². The molecule has 1 aromatic heterocycles. The van der Waals surface area contributed by atoms with Crippen LogP contribution in [0.5, 0.6) is 11.5 Å². The molecule has 25 heavy (non-hydrogen) atoms. The maximum Gasteiger partial charge on any atom is 0.127 e. The van der Waals surface area contributed by atoms with Crippen LogP contribution in [0, 0.1) is 0 Å². The maximum atomic E-state index is 5.43. The van der Waals surface area contributed by atoms with Crippen LogP contribution in [0.15, 0.2) is 54.7 Å². The van der Waals surface area contributed by atoms with E-state index in [4.69, 9.17) is 9.47 Å². The summed E-state index contributed by atoms with van der Waals surface area (Å²) < 4.78 is 10.6. The van der Waals surface area contributed by atoms with Gasteiger partial charge in [-0.05, 0) is 42.8 Å². The minimum Gasteiger partial charge on any atom is -0.497 e. The highest BCUT2D eigenvalue weighted by Gasteiger charge is 2.09. The Labute approximate surface area is 152 Å². The quantitative estimate of drug-likeness (QED) is 0.617. The summed E-state index contributed by atoms with van der Waals surface area (Å²) in [5.74, 6) is 1.77. The van der Waals surface area contributed by atoms with Crippen LogP contribution in [-0.4, -0.2) is 25.7 Å². The van der Waals surface area contributed by atoms with Crippen LogP contribution in [0.1, 0.15) is 10.6 Å². The molecule has 3 rings (SSSR count). The molecule has 2 aromatic carbocycles. The fraction of sp³-hybridized carbons (Fsp3) is 0.250. The van der Waals surface area contributed by atoms with Crippen molar-refractivity contribution in [1.82, 2.24) is 10.3 Å². The maximum absolute atomic E-state index is 5.43. The van der Waals surface area contributed by atoms with Gasteiger partial charge in [0, 0.05) is 18.3 Å². The van der Waals surface area contributed by atoms with Gasteiger partial charge in [-0.2, -0.15) is 0 Å². The van der Waals surface area contributed by atoms with Gasteiger partial charge in [0.25, 0.3) is 0 Å². The smallest absolute Gasteiger partial charge is 0.127 e. The number of thiazole rings is 1. The van der Waals surface area contributed by atoms with E-state index in [9.17, 15) is 0 Å². The van der Waals surface area contributed by atoms with Gasteiger partial charge in [0.15, 0.2) is 0 Å². The molecule has 0 radical (unpaired) electrons. The molecule has 0 fully saturated rings. The molecule has 0 amide bonds. The van der Waals surface area contributed by atoms with E-state index in [1.807, 2.05) is 36.5 Å². The number of methoxy groups -OCH3 is 2. The molecule has 0 saturated heterocycles. The number of hydrogen-bond acceptors (Lipinski definition) is 5. The number of rotatable bonds is 8. The first-order valence-corrected chi connectivity index (χ1v) is 9.03. The number of ether oxygens (including phenoxy) is 2. The molecule has 0 spiro atoms. The van der Waals surface area contributed by atoms with Crippen molar-refractivity contribution in [2.24, 2.45) is 0 Å². The predicted molar refractivity (Wildman–Crippen MR) is 103 cm³/mol. The molecular weight excluding hydrogens is 332 g/mol. The van der Waals surface area contributed by atoms with Crippen molar-refractivity contribution in [2.45, 2.75) is 13.0 Å². The molecular formula is C20H22N2O2S. The summed E-state index contributed by atoms with van der Waals surface area (Å²) in [6.45, 7) is 1.69. The van der Waals surface area contributed by atoms with Crippen molar-refractivity contribution in [3.05, 3.63) is 65.3 Å². The Balaban J connectivity index is 1.51. The van der Waals surface area contributed by atoms with E-state index < -0.39 is 0 Å². The Morgan fingerprint density at radius 1 is 1.00 bits per heavy atom. The van der Waals surface area contributed by atoms with Crippen LogP contribution in [0.2, 0.25) is 0 Å². The number of para-hydroxylation sites is 1. The normalized spacial score (nSPS) is 10.6. The standard InChI is InChI=1S/C20H22N2O2S/c1-23-16-9-7-15(8-10-16)11-12-21-14-20-22-13-19(25-20)17-5-3-4-6-18(17)24-2/h3-10,13,21H,11-12,14H2,1-2H3. The van der Waals surface area contributed by atoms with E-state index in [0.29, 0.717) is 0 Å². The molecule has 3 aromatic rings. The first-order valence-electron chi connectivity index (χ1n) is 8.22. The van der Waals surface area contributed by atoms with Gasteiger partial charge in [-0.3, -0.25) is 0 Å². The topological polar surface area (TPSA) is 43.4 Å². The zero-order valence-corrected chi connectivity index (χ0v) is 15.3. The molecule has 0 unspecified atom stereocenters. The lowest BCUT2D eigenvalue weighted by Gasteiger charge is -2.05. The minimum atomic E-state index is 0.774. The van der Waals surface area contributed by atoms with Gasteiger partial charge >= 0.3 is 0 Å². The second kappa shape index (κ2) is 8.65. The monoisotopic (exact) mass is 354 g/mol. The van der Waals surface area contributed by atoms with E-state index in [1.54, 1.807) is 25.6 Å². The van der Waals surface area contributed by atoms with E-state index in [2.05, 4.69) is 28.5 Å². The predicted octanol–water partition coefficient (Wildman–Crippen LogP) is 4.16. The molecule has 5 heteroatoms. The number of nitrogens with zero attached hydrogens (tertiary/aromatic N) is 1. The molecule has 0 bridgehead atoms. The third-order valence-corrected chi connectivity index (χ3v) is 4.98. The summed E-state index contributed by atoms with van der Waals surface area (Å²) in [6, 6.07) is 16.2. The van der Waals surface area contributed by atoms with Gasteiger partial charge in [-0.15, -0.1) is 11.3 Å². The molecule has 0 aliphatic heterocycles. The van der Waals surface area contributed by atoms with Crippen molar-refractivity contribution >= 4 is 11.3 Å². The van der Waals surface area contributed by atoms with Crippen LogP contribution in [0.25, 0.3) is 10.4 Å². The highest BCUT2D eigenvalue weighted by Crippen LogP contribution is 2.33. The molecule has 4 nitrogen and oxygen atoms in total. The highest BCUT2D eigenvalue weighted by atomic mass is 32.1. The Morgan fingerprint density at radius 3 is 2.56 bits per heavy atom. The Morgan fingerprint density at radius 2 is 1.80 bits per heavy atom. The Hall–Kier alpha value is -2.37. The summed E-state index contributed by atoms with van der Waals surface area (Å²) in [5.41, 5.74) is 2.38. The SMILES string of the molecule is COc1ccc(CCNCc2ncc(-c3ccccc3OC)s2)cc1. The molecule has 0 atom stereocenters. The Bertz CT molecular complexity index is 799. The molecule has 130 valence electrons. The number of hydrogen-bond donors (Lipinski definition) is 1. The number of aromatic nitrogens is 1. The van der Waals surface area contributed by atoms with Crippen LogP contribution < -0.4 is 14.8 Å². The summed E-state index contributed by atoms with van der Waals surface area (Å²) in [6.07, 6.45) is 2.90. The van der Waals surface area contributed by atoms with Gasteiger partial charge in [-0.25, -0.2) is 4.98 Å². The summed E-state index contributed by atoms with van der Waals surface area (Å²) in [4.78, 5) is 5.65. The van der Waals surface area contributed by atoms with Gasteiger partial charge in [0.1, 0.15) is 16.5 Å². The molecule has 0 aliphatic rings. The van der Waals surface area contributed by atoms with Crippen LogP contribution >= 0.6 is 11.3 Å². The van der Waals surface area contributed by atoms with Crippen molar-refractivity contribution in [1.29, 1.82) is 0 Å². The molecule has 0 aliphatic carbocycles. The zero-order valence-electron chi connectivity index (χ0n) is 14.5. The molecule has 0 saturated carbocycles. The summed E-state index contributed by atoms with van der Waals surface area (Å²) in [5, 5.41) is 4.54. The third-order valence-electron chi connectivity index (χ3n) is 3.95. The fourth-order valence-corrected chi connectivity index (χ4v) is 3.50. The summed E-state index contributed by atoms with van der Waals surface area (Å²) in [7, 11) is 3.38. The fourth-order valence-electron chi connectivity index (χ4n) is 2.58. The first-order chi connectivity index (χ1) is 12.3. The van der Waals surface area contributed by atoms with E-state index in [0.717, 1.165) is 46.5 Å². The Kier molecular flexibility index (Phi) is 6.04. The van der Waals surface area contributed by atoms with E-state index in [1.165, 1.54) is 5.56 Å². The van der Waals surface area contributed by atoms with Gasteiger partial charge in [0.05, 0.1) is 19.1 Å². The van der Waals surface area contributed by atoms with Gasteiger partial charge in [0.2, 0.25) is 0 Å². The third kappa shape index (κ3) is 4.59. The van der Waals surface area contributed by atoms with Crippen molar-refractivity contribution in [3.63, 3.8) is 0 Å². The van der Waals surface area contributed by atoms with Gasteiger partial charge in [-0.1, -0.05) is 24.3 Å². The van der Waals surface area contributed by atoms with Gasteiger partial charge < -0.3 is 14.8 Å². The first kappa shape index (κ1) is 17.5. The van der Waals surface area contributed by atoms with Crippen molar-refractivity contribution in [3.8, 4) is 21.9 Å². The number of benzene rings is 2. The second-order valence-corrected chi connectivity index (χ2v) is 6.71. The average molecular weight is 354 g/mol. The number of nitrogens with one attached hydrogen (secondary N) is 1. The lowest BCUT2D eigenvalue weighted by atomic mass is 10.1. The molecule has 1 heterocycles. The average Bonchev–Trinajstić information content (AvgIpc) is 3.14. The minimum absolute atomic E-state index is 0.774. The van der Waals surface area contributed by atoms with Crippen LogP contribution in [0.4, 0.5) is 0 Å². The lowest BCUT2D eigenvalue weighted by molar-refractivity contribution is 0.414.